The quantitative estimate of drug-likeness (QED) is 0.411. The van der Waals surface area contributed by atoms with E-state index in [4.69, 9.17) is 4.74 Å². The molecule has 2 amide bonds. The molecule has 0 fully saturated rings. The van der Waals surface area contributed by atoms with Gasteiger partial charge in [0, 0.05) is 17.2 Å². The lowest BCUT2D eigenvalue weighted by Crippen LogP contribution is -2.40. The maximum absolute atomic E-state index is 12.6. The van der Waals surface area contributed by atoms with Crippen molar-refractivity contribution in [1.82, 2.24) is 5.32 Å². The number of carbonyl (C=O) groups is 3. The van der Waals surface area contributed by atoms with Gasteiger partial charge in [0.1, 0.15) is 12.6 Å². The lowest BCUT2D eigenvalue weighted by molar-refractivity contribution is -0.139. The van der Waals surface area contributed by atoms with Crippen molar-refractivity contribution >= 4 is 23.7 Å². The first-order chi connectivity index (χ1) is 16.9. The van der Waals surface area contributed by atoms with Crippen molar-refractivity contribution in [1.29, 1.82) is 0 Å². The maximum atomic E-state index is 12.6. The number of benzene rings is 3. The van der Waals surface area contributed by atoms with E-state index in [2.05, 4.69) is 34.9 Å². The molecule has 0 bridgehead atoms. The first-order valence-electron chi connectivity index (χ1n) is 11.6. The summed E-state index contributed by atoms with van der Waals surface area (Å²) in [5.74, 6) is -1.57. The summed E-state index contributed by atoms with van der Waals surface area (Å²) in [6.45, 7) is 3.82. The van der Waals surface area contributed by atoms with Gasteiger partial charge in [0.25, 0.3) is 5.91 Å². The average Bonchev–Trinajstić information content (AvgIpc) is 3.17. The number of carbonyl (C=O) groups excluding carboxylic acids is 2. The number of anilines is 1. The van der Waals surface area contributed by atoms with Crippen LogP contribution in [0.1, 0.15) is 52.7 Å². The van der Waals surface area contributed by atoms with E-state index in [0.717, 1.165) is 22.3 Å². The van der Waals surface area contributed by atoms with E-state index in [-0.39, 0.29) is 12.5 Å². The van der Waals surface area contributed by atoms with Gasteiger partial charge in [-0.25, -0.2) is 9.59 Å². The summed E-state index contributed by atoms with van der Waals surface area (Å²) in [6.07, 6.45) is 0.404. The molecule has 7 nitrogen and oxygen atoms in total. The Bertz CT molecular complexity index is 1220. The van der Waals surface area contributed by atoms with Crippen LogP contribution in [0.25, 0.3) is 11.1 Å². The molecule has 0 aliphatic heterocycles. The second kappa shape index (κ2) is 10.4. The van der Waals surface area contributed by atoms with Crippen molar-refractivity contribution in [3.8, 4) is 11.1 Å². The van der Waals surface area contributed by atoms with Gasteiger partial charge in [-0.1, -0.05) is 61.9 Å². The van der Waals surface area contributed by atoms with Crippen LogP contribution in [-0.4, -0.2) is 35.7 Å². The third-order valence-electron chi connectivity index (χ3n) is 6.25. The van der Waals surface area contributed by atoms with Crippen LogP contribution >= 0.6 is 0 Å². The molecule has 3 aromatic rings. The molecular formula is C28H28N2O5. The van der Waals surface area contributed by atoms with Gasteiger partial charge in [0.05, 0.1) is 0 Å². The Morgan fingerprint density at radius 2 is 1.60 bits per heavy atom. The van der Waals surface area contributed by atoms with E-state index in [0.29, 0.717) is 29.7 Å². The van der Waals surface area contributed by atoms with E-state index in [1.165, 1.54) is 0 Å². The van der Waals surface area contributed by atoms with E-state index in [9.17, 15) is 19.5 Å². The molecule has 0 heterocycles. The number of aryl methyl sites for hydroxylation is 1. The van der Waals surface area contributed by atoms with Crippen LogP contribution in [0, 0.1) is 6.92 Å². The Kier molecular flexibility index (Phi) is 7.15. The molecule has 1 aliphatic rings. The number of carboxylic acid groups (broad SMARTS) is 1. The molecule has 0 aromatic heterocycles. The molecule has 3 N–H and O–H groups in total. The molecule has 7 heteroatoms. The van der Waals surface area contributed by atoms with E-state index >= 15 is 0 Å². The largest absolute Gasteiger partial charge is 0.480 e. The van der Waals surface area contributed by atoms with E-state index in [1.807, 2.05) is 31.2 Å². The molecule has 0 spiro atoms. The van der Waals surface area contributed by atoms with Gasteiger partial charge in [0.2, 0.25) is 0 Å². The molecule has 0 radical (unpaired) electrons. The first kappa shape index (κ1) is 24.0. The third kappa shape index (κ3) is 5.19. The van der Waals surface area contributed by atoms with Gasteiger partial charge >= 0.3 is 12.1 Å². The maximum Gasteiger partial charge on any atom is 0.411 e. The summed E-state index contributed by atoms with van der Waals surface area (Å²) in [4.78, 5) is 36.4. The zero-order chi connectivity index (χ0) is 24.9. The van der Waals surface area contributed by atoms with Gasteiger partial charge < -0.3 is 15.2 Å². The van der Waals surface area contributed by atoms with E-state index < -0.39 is 24.0 Å². The minimum Gasteiger partial charge on any atom is -0.480 e. The minimum atomic E-state index is -1.06. The van der Waals surface area contributed by atoms with Crippen LogP contribution in [0.3, 0.4) is 0 Å². The second-order valence-corrected chi connectivity index (χ2v) is 8.63. The molecule has 180 valence electrons. The Morgan fingerprint density at radius 1 is 0.971 bits per heavy atom. The van der Waals surface area contributed by atoms with Crippen LogP contribution in [0.15, 0.2) is 66.7 Å². The normalized spacial score (nSPS) is 12.9. The molecule has 4 rings (SSSR count). The van der Waals surface area contributed by atoms with Crippen molar-refractivity contribution < 1.29 is 24.2 Å². The van der Waals surface area contributed by atoms with Gasteiger partial charge in [-0.15, -0.1) is 0 Å². The van der Waals surface area contributed by atoms with Crippen LogP contribution in [0.5, 0.6) is 0 Å². The number of ether oxygens (including phenoxy) is 1. The Balaban J connectivity index is 1.39. The monoisotopic (exact) mass is 472 g/mol. The minimum absolute atomic E-state index is 0.0365. The lowest BCUT2D eigenvalue weighted by atomic mass is 9.98. The van der Waals surface area contributed by atoms with Crippen molar-refractivity contribution in [2.24, 2.45) is 0 Å². The summed E-state index contributed by atoms with van der Waals surface area (Å²) in [6, 6.07) is 20.1. The molecule has 3 aromatic carbocycles. The summed E-state index contributed by atoms with van der Waals surface area (Å²) in [5.41, 5.74) is 6.09. The Morgan fingerprint density at radius 3 is 2.17 bits per heavy atom. The highest BCUT2D eigenvalue weighted by Crippen LogP contribution is 2.44. The average molecular weight is 473 g/mol. The first-order valence-corrected chi connectivity index (χ1v) is 11.6. The standard InChI is InChI=1S/C28H28N2O5/c1-3-8-25(27(32)33)29-26(31)18-13-14-24(17(2)15-18)30-28(34)35-16-23-21-11-6-4-9-19(21)20-10-5-7-12-22(20)23/h4-7,9-15,23,25H,3,8,16H2,1-2H3,(H,29,31)(H,30,34)(H,32,33)/t25-/m0/s1. The third-order valence-corrected chi connectivity index (χ3v) is 6.25. The van der Waals surface area contributed by atoms with Crippen molar-refractivity contribution in [3.63, 3.8) is 0 Å². The van der Waals surface area contributed by atoms with Gasteiger partial charge in [-0.3, -0.25) is 10.1 Å². The van der Waals surface area contributed by atoms with Crippen molar-refractivity contribution in [3.05, 3.63) is 89.0 Å². The molecule has 0 saturated heterocycles. The van der Waals surface area contributed by atoms with Crippen molar-refractivity contribution in [2.45, 2.75) is 38.6 Å². The molecule has 0 unspecified atom stereocenters. The summed E-state index contributed by atoms with van der Waals surface area (Å²) in [5, 5.41) is 14.5. The fourth-order valence-corrected chi connectivity index (χ4v) is 4.48. The summed E-state index contributed by atoms with van der Waals surface area (Å²) < 4.78 is 5.59. The topological polar surface area (TPSA) is 105 Å². The van der Waals surface area contributed by atoms with Crippen LogP contribution in [0.2, 0.25) is 0 Å². The Labute approximate surface area is 204 Å². The number of fused-ring (bicyclic) bond motifs is 3. The summed E-state index contributed by atoms with van der Waals surface area (Å²) in [7, 11) is 0. The number of aliphatic carboxylic acids is 1. The number of carboxylic acids is 1. The molecule has 1 atom stereocenters. The SMILES string of the molecule is CCC[C@H](NC(=O)c1ccc(NC(=O)OCC2c3ccccc3-c3ccccc32)c(C)c1)C(=O)O. The summed E-state index contributed by atoms with van der Waals surface area (Å²) >= 11 is 0. The van der Waals surface area contributed by atoms with Crippen LogP contribution in [0.4, 0.5) is 10.5 Å². The number of hydrogen-bond donors (Lipinski definition) is 3. The predicted molar refractivity (Wildman–Crippen MR) is 134 cm³/mol. The molecule has 0 saturated carbocycles. The smallest absolute Gasteiger partial charge is 0.411 e. The number of nitrogens with one attached hydrogen (secondary N) is 2. The Hall–Kier alpha value is -4.13. The fourth-order valence-electron chi connectivity index (χ4n) is 4.48. The highest BCUT2D eigenvalue weighted by molar-refractivity contribution is 5.97. The molecule has 35 heavy (non-hydrogen) atoms. The van der Waals surface area contributed by atoms with E-state index in [1.54, 1.807) is 25.1 Å². The highest BCUT2D eigenvalue weighted by atomic mass is 16.5. The number of rotatable bonds is 8. The fraction of sp³-hybridized carbons (Fsp3) is 0.250. The van der Waals surface area contributed by atoms with Crippen LogP contribution < -0.4 is 10.6 Å². The highest BCUT2D eigenvalue weighted by Gasteiger charge is 2.29. The van der Waals surface area contributed by atoms with Crippen LogP contribution in [-0.2, 0) is 9.53 Å². The van der Waals surface area contributed by atoms with Crippen molar-refractivity contribution in [2.75, 3.05) is 11.9 Å². The zero-order valence-corrected chi connectivity index (χ0v) is 19.7. The predicted octanol–water partition coefficient (Wildman–Crippen LogP) is 5.34. The second-order valence-electron chi connectivity index (χ2n) is 8.63. The van der Waals surface area contributed by atoms with Gasteiger partial charge in [-0.05, 0) is 59.4 Å². The lowest BCUT2D eigenvalue weighted by Gasteiger charge is -2.16. The number of hydrogen-bond acceptors (Lipinski definition) is 4. The molecular weight excluding hydrogens is 444 g/mol. The zero-order valence-electron chi connectivity index (χ0n) is 19.7. The molecule has 1 aliphatic carbocycles. The van der Waals surface area contributed by atoms with Gasteiger partial charge in [0.15, 0.2) is 0 Å². The number of amides is 2. The van der Waals surface area contributed by atoms with Gasteiger partial charge in [-0.2, -0.15) is 0 Å².